The van der Waals surface area contributed by atoms with Gasteiger partial charge in [0.05, 0.1) is 0 Å². The first-order valence-electron chi connectivity index (χ1n) is 4.98. The van der Waals surface area contributed by atoms with Crippen molar-refractivity contribution in [2.24, 2.45) is 0 Å². The first-order valence-corrected chi connectivity index (χ1v) is 6.48. The van der Waals surface area contributed by atoms with Crippen molar-refractivity contribution in [1.29, 1.82) is 0 Å². The van der Waals surface area contributed by atoms with Crippen molar-refractivity contribution >= 4 is 27.5 Å². The molecule has 0 spiro atoms. The van der Waals surface area contributed by atoms with Gasteiger partial charge in [-0.3, -0.25) is 4.90 Å². The summed E-state index contributed by atoms with van der Waals surface area (Å²) in [7, 11) is 2.12. The molecule has 15 heavy (non-hydrogen) atoms. The van der Waals surface area contributed by atoms with Crippen molar-refractivity contribution in [3.05, 3.63) is 34.9 Å². The Labute approximate surface area is 106 Å². The van der Waals surface area contributed by atoms with Crippen LogP contribution in [0.3, 0.4) is 0 Å². The van der Waals surface area contributed by atoms with E-state index in [1.54, 1.807) is 0 Å². The zero-order valence-electron chi connectivity index (χ0n) is 9.43. The van der Waals surface area contributed by atoms with Crippen LogP contribution in [0.15, 0.2) is 24.3 Å². The largest absolute Gasteiger partial charge is 0.296 e. The van der Waals surface area contributed by atoms with Crippen molar-refractivity contribution in [3.63, 3.8) is 0 Å². The minimum absolute atomic E-state index is 0.138. The average Bonchev–Trinajstić information content (AvgIpc) is 2.21. The molecule has 0 atom stereocenters. The highest BCUT2D eigenvalue weighted by Crippen LogP contribution is 2.22. The molecule has 0 saturated heterocycles. The standard InChI is InChI=1S/C12H17BrClN/c1-12(2,9-13)15(3)8-10-6-4-5-7-11(10)14/h4-7H,8-9H2,1-3H3. The fourth-order valence-electron chi connectivity index (χ4n) is 1.20. The number of rotatable bonds is 4. The second-order valence-electron chi connectivity index (χ2n) is 4.39. The molecule has 1 nitrogen and oxygen atoms in total. The summed E-state index contributed by atoms with van der Waals surface area (Å²) < 4.78 is 0. The Morgan fingerprint density at radius 3 is 2.47 bits per heavy atom. The molecular weight excluding hydrogens is 273 g/mol. The topological polar surface area (TPSA) is 3.24 Å². The molecule has 0 N–H and O–H groups in total. The zero-order valence-corrected chi connectivity index (χ0v) is 11.8. The fourth-order valence-corrected chi connectivity index (χ4v) is 1.82. The third-order valence-corrected chi connectivity index (χ3v) is 4.47. The smallest absolute Gasteiger partial charge is 0.0451 e. The van der Waals surface area contributed by atoms with E-state index in [9.17, 15) is 0 Å². The van der Waals surface area contributed by atoms with Gasteiger partial charge in [0.15, 0.2) is 0 Å². The van der Waals surface area contributed by atoms with Gasteiger partial charge in [0, 0.05) is 22.4 Å². The molecule has 0 amide bonds. The van der Waals surface area contributed by atoms with E-state index < -0.39 is 0 Å². The molecule has 0 fully saturated rings. The molecular formula is C12H17BrClN. The number of halogens is 2. The van der Waals surface area contributed by atoms with E-state index in [1.165, 1.54) is 5.56 Å². The third kappa shape index (κ3) is 3.47. The highest BCUT2D eigenvalue weighted by Gasteiger charge is 2.22. The maximum absolute atomic E-state index is 6.12. The molecule has 1 aromatic rings. The van der Waals surface area contributed by atoms with Crippen molar-refractivity contribution < 1.29 is 0 Å². The van der Waals surface area contributed by atoms with E-state index in [4.69, 9.17) is 11.6 Å². The molecule has 0 unspecified atom stereocenters. The molecule has 1 aromatic carbocycles. The predicted molar refractivity (Wildman–Crippen MR) is 70.8 cm³/mol. The summed E-state index contributed by atoms with van der Waals surface area (Å²) in [6.45, 7) is 5.29. The highest BCUT2D eigenvalue weighted by molar-refractivity contribution is 9.09. The molecule has 3 heteroatoms. The quantitative estimate of drug-likeness (QED) is 0.759. The Morgan fingerprint density at radius 2 is 1.93 bits per heavy atom. The zero-order chi connectivity index (χ0) is 11.5. The minimum atomic E-state index is 0.138. The van der Waals surface area contributed by atoms with Crippen molar-refractivity contribution in [1.82, 2.24) is 4.90 Å². The van der Waals surface area contributed by atoms with Crippen LogP contribution in [-0.4, -0.2) is 22.8 Å². The van der Waals surface area contributed by atoms with Gasteiger partial charge in [-0.15, -0.1) is 0 Å². The Balaban J connectivity index is 2.75. The van der Waals surface area contributed by atoms with Gasteiger partial charge in [-0.05, 0) is 32.5 Å². The Kier molecular flexibility index (Phi) is 4.63. The SMILES string of the molecule is CN(Cc1ccccc1Cl)C(C)(C)CBr. The number of alkyl halides is 1. The number of hydrogen-bond donors (Lipinski definition) is 0. The maximum Gasteiger partial charge on any atom is 0.0451 e. The Bertz CT molecular complexity index is 325. The van der Waals surface area contributed by atoms with E-state index >= 15 is 0 Å². The summed E-state index contributed by atoms with van der Waals surface area (Å²) >= 11 is 9.65. The van der Waals surface area contributed by atoms with Crippen molar-refractivity contribution in [3.8, 4) is 0 Å². The first-order chi connectivity index (χ1) is 6.97. The summed E-state index contributed by atoms with van der Waals surface area (Å²) in [5, 5.41) is 1.79. The van der Waals surface area contributed by atoms with Crippen LogP contribution in [0.4, 0.5) is 0 Å². The van der Waals surface area contributed by atoms with E-state index in [0.29, 0.717) is 0 Å². The highest BCUT2D eigenvalue weighted by atomic mass is 79.9. The van der Waals surface area contributed by atoms with Crippen molar-refractivity contribution in [2.75, 3.05) is 12.4 Å². The molecule has 1 rings (SSSR count). The Hall–Kier alpha value is -0.0500. The first kappa shape index (κ1) is 13.0. The lowest BCUT2D eigenvalue weighted by atomic mass is 10.1. The summed E-state index contributed by atoms with van der Waals surface area (Å²) in [6.07, 6.45) is 0. The summed E-state index contributed by atoms with van der Waals surface area (Å²) in [5.74, 6) is 0. The van der Waals surface area contributed by atoms with Crippen LogP contribution in [0.25, 0.3) is 0 Å². The number of hydrogen-bond acceptors (Lipinski definition) is 1. The summed E-state index contributed by atoms with van der Waals surface area (Å²) in [5.41, 5.74) is 1.31. The lowest BCUT2D eigenvalue weighted by Gasteiger charge is -2.34. The molecule has 0 aliphatic carbocycles. The number of nitrogens with zero attached hydrogens (tertiary/aromatic N) is 1. The van der Waals surface area contributed by atoms with E-state index in [0.717, 1.165) is 16.9 Å². The van der Waals surface area contributed by atoms with Gasteiger partial charge in [-0.1, -0.05) is 45.7 Å². The van der Waals surface area contributed by atoms with Gasteiger partial charge in [0.2, 0.25) is 0 Å². The third-order valence-electron chi connectivity index (χ3n) is 2.73. The molecule has 0 bridgehead atoms. The van der Waals surface area contributed by atoms with Gasteiger partial charge in [-0.25, -0.2) is 0 Å². The van der Waals surface area contributed by atoms with E-state index in [1.807, 2.05) is 18.2 Å². The average molecular weight is 291 g/mol. The van der Waals surface area contributed by atoms with Crippen LogP contribution in [-0.2, 0) is 6.54 Å². The number of benzene rings is 1. The normalized spacial score (nSPS) is 12.1. The molecule has 0 radical (unpaired) electrons. The monoisotopic (exact) mass is 289 g/mol. The Morgan fingerprint density at radius 1 is 1.33 bits per heavy atom. The fraction of sp³-hybridized carbons (Fsp3) is 0.500. The summed E-state index contributed by atoms with van der Waals surface area (Å²) in [6, 6.07) is 7.99. The molecule has 0 heterocycles. The molecule has 0 aromatic heterocycles. The molecule has 84 valence electrons. The molecule has 0 saturated carbocycles. The van der Waals surface area contributed by atoms with Gasteiger partial charge < -0.3 is 0 Å². The molecule has 0 aliphatic heterocycles. The lowest BCUT2D eigenvalue weighted by molar-refractivity contribution is 0.173. The van der Waals surface area contributed by atoms with Gasteiger partial charge in [0.1, 0.15) is 0 Å². The van der Waals surface area contributed by atoms with Crippen LogP contribution < -0.4 is 0 Å². The predicted octanol–water partition coefficient (Wildman–Crippen LogP) is 3.95. The van der Waals surface area contributed by atoms with Crippen molar-refractivity contribution in [2.45, 2.75) is 25.9 Å². The second-order valence-corrected chi connectivity index (χ2v) is 5.36. The van der Waals surface area contributed by atoms with E-state index in [-0.39, 0.29) is 5.54 Å². The van der Waals surface area contributed by atoms with Gasteiger partial charge >= 0.3 is 0 Å². The summed E-state index contributed by atoms with van der Waals surface area (Å²) in [4.78, 5) is 2.29. The van der Waals surface area contributed by atoms with Crippen LogP contribution in [0, 0.1) is 0 Å². The minimum Gasteiger partial charge on any atom is -0.296 e. The van der Waals surface area contributed by atoms with Gasteiger partial charge in [0.25, 0.3) is 0 Å². The molecule has 0 aliphatic rings. The van der Waals surface area contributed by atoms with E-state index in [2.05, 4.69) is 47.8 Å². The van der Waals surface area contributed by atoms with Crippen LogP contribution in [0.5, 0.6) is 0 Å². The van der Waals surface area contributed by atoms with Gasteiger partial charge in [-0.2, -0.15) is 0 Å². The maximum atomic E-state index is 6.12. The van der Waals surface area contributed by atoms with Crippen LogP contribution in [0.2, 0.25) is 5.02 Å². The lowest BCUT2D eigenvalue weighted by Crippen LogP contribution is -2.42. The second kappa shape index (κ2) is 5.33. The van der Waals surface area contributed by atoms with Crippen LogP contribution >= 0.6 is 27.5 Å². The van der Waals surface area contributed by atoms with Crippen LogP contribution in [0.1, 0.15) is 19.4 Å².